The van der Waals surface area contributed by atoms with Crippen LogP contribution in [0, 0.1) is 5.92 Å². The first-order valence-electron chi connectivity index (χ1n) is 5.20. The van der Waals surface area contributed by atoms with Gasteiger partial charge < -0.3 is 10.6 Å². The highest BCUT2D eigenvalue weighted by Crippen LogP contribution is 2.17. The lowest BCUT2D eigenvalue weighted by atomic mass is 9.97. The van der Waals surface area contributed by atoms with Crippen LogP contribution in [0.4, 0.5) is 5.69 Å². The molecule has 0 aromatic carbocycles. The Bertz CT molecular complexity index is 286. The van der Waals surface area contributed by atoms with Gasteiger partial charge in [0.15, 0.2) is 0 Å². The number of hydrogen-bond acceptors (Lipinski definition) is 3. The highest BCUT2D eigenvalue weighted by Gasteiger charge is 2.16. The number of anilines is 1. The van der Waals surface area contributed by atoms with Gasteiger partial charge in [-0.05, 0) is 38.9 Å². The van der Waals surface area contributed by atoms with Crippen molar-refractivity contribution in [2.45, 2.75) is 19.4 Å². The Morgan fingerprint density at radius 1 is 1.50 bits per heavy atom. The van der Waals surface area contributed by atoms with E-state index in [9.17, 15) is 0 Å². The SMILES string of the molecule is CN1CCC(Cn2cc(N)cn2)CC1. The van der Waals surface area contributed by atoms with Gasteiger partial charge >= 0.3 is 0 Å². The zero-order valence-electron chi connectivity index (χ0n) is 8.69. The third-order valence-electron chi connectivity index (χ3n) is 2.94. The summed E-state index contributed by atoms with van der Waals surface area (Å²) >= 11 is 0. The fourth-order valence-corrected chi connectivity index (χ4v) is 1.99. The summed E-state index contributed by atoms with van der Waals surface area (Å²) in [5.41, 5.74) is 6.38. The molecule has 1 aliphatic rings. The van der Waals surface area contributed by atoms with Gasteiger partial charge in [0.05, 0.1) is 11.9 Å². The fraction of sp³-hybridized carbons (Fsp3) is 0.700. The van der Waals surface area contributed by atoms with Crippen molar-refractivity contribution in [3.8, 4) is 0 Å². The number of nitrogens with zero attached hydrogens (tertiary/aromatic N) is 3. The quantitative estimate of drug-likeness (QED) is 0.757. The van der Waals surface area contributed by atoms with Crippen LogP contribution >= 0.6 is 0 Å². The van der Waals surface area contributed by atoms with Gasteiger partial charge in [0.25, 0.3) is 0 Å². The van der Waals surface area contributed by atoms with E-state index in [1.54, 1.807) is 6.20 Å². The molecule has 1 aromatic heterocycles. The number of rotatable bonds is 2. The van der Waals surface area contributed by atoms with Crippen LogP contribution in [0.5, 0.6) is 0 Å². The summed E-state index contributed by atoms with van der Waals surface area (Å²) in [6, 6.07) is 0. The second-order valence-corrected chi connectivity index (χ2v) is 4.24. The van der Waals surface area contributed by atoms with E-state index in [0.717, 1.165) is 18.2 Å². The monoisotopic (exact) mass is 194 g/mol. The third kappa shape index (κ3) is 2.26. The van der Waals surface area contributed by atoms with E-state index in [-0.39, 0.29) is 0 Å². The van der Waals surface area contributed by atoms with Gasteiger partial charge in [-0.25, -0.2) is 0 Å². The van der Waals surface area contributed by atoms with Gasteiger partial charge in [-0.1, -0.05) is 0 Å². The largest absolute Gasteiger partial charge is 0.396 e. The summed E-state index contributed by atoms with van der Waals surface area (Å²) < 4.78 is 1.96. The molecular formula is C10H18N4. The van der Waals surface area contributed by atoms with Crippen LogP contribution in [0.1, 0.15) is 12.8 Å². The van der Waals surface area contributed by atoms with Crippen molar-refractivity contribution in [1.29, 1.82) is 0 Å². The predicted octanol–water partition coefficient (Wildman–Crippen LogP) is 0.807. The van der Waals surface area contributed by atoms with Crippen LogP contribution in [0.3, 0.4) is 0 Å². The van der Waals surface area contributed by atoms with Crippen LogP contribution in [0.2, 0.25) is 0 Å². The van der Waals surface area contributed by atoms with Gasteiger partial charge in [0.2, 0.25) is 0 Å². The van der Waals surface area contributed by atoms with Crippen molar-refractivity contribution in [3.63, 3.8) is 0 Å². The topological polar surface area (TPSA) is 47.1 Å². The molecule has 2 N–H and O–H groups in total. The minimum Gasteiger partial charge on any atom is -0.396 e. The second-order valence-electron chi connectivity index (χ2n) is 4.24. The van der Waals surface area contributed by atoms with Crippen LogP contribution in [0.25, 0.3) is 0 Å². The van der Waals surface area contributed by atoms with Crippen LogP contribution < -0.4 is 5.73 Å². The molecule has 2 rings (SSSR count). The average molecular weight is 194 g/mol. The first-order valence-corrected chi connectivity index (χ1v) is 5.20. The molecule has 0 amide bonds. The van der Waals surface area contributed by atoms with E-state index in [4.69, 9.17) is 5.73 Å². The molecule has 0 aliphatic carbocycles. The predicted molar refractivity (Wildman–Crippen MR) is 56.9 cm³/mol. The maximum Gasteiger partial charge on any atom is 0.0719 e. The Hall–Kier alpha value is -1.03. The van der Waals surface area contributed by atoms with E-state index in [1.165, 1.54) is 25.9 Å². The Morgan fingerprint density at radius 2 is 2.21 bits per heavy atom. The number of hydrogen-bond donors (Lipinski definition) is 1. The van der Waals surface area contributed by atoms with Crippen molar-refractivity contribution in [2.24, 2.45) is 5.92 Å². The minimum atomic E-state index is 0.762. The van der Waals surface area contributed by atoms with Gasteiger partial charge in [0, 0.05) is 12.7 Å². The highest BCUT2D eigenvalue weighted by molar-refractivity contribution is 5.30. The van der Waals surface area contributed by atoms with Crippen molar-refractivity contribution < 1.29 is 0 Å². The standard InChI is InChI=1S/C10H18N4/c1-13-4-2-9(3-5-13)7-14-8-10(11)6-12-14/h6,8-9H,2-5,7,11H2,1H3. The van der Waals surface area contributed by atoms with Gasteiger partial charge in [-0.2, -0.15) is 5.10 Å². The highest BCUT2D eigenvalue weighted by atomic mass is 15.3. The molecule has 4 heteroatoms. The number of nitrogen functional groups attached to an aromatic ring is 1. The van der Waals surface area contributed by atoms with Crippen LogP contribution in [-0.2, 0) is 6.54 Å². The molecule has 0 bridgehead atoms. The van der Waals surface area contributed by atoms with E-state index in [2.05, 4.69) is 17.0 Å². The molecule has 0 spiro atoms. The number of piperidine rings is 1. The van der Waals surface area contributed by atoms with E-state index in [0.29, 0.717) is 0 Å². The molecule has 4 nitrogen and oxygen atoms in total. The molecule has 1 aliphatic heterocycles. The Morgan fingerprint density at radius 3 is 2.79 bits per heavy atom. The van der Waals surface area contributed by atoms with Crippen LogP contribution in [-0.4, -0.2) is 34.8 Å². The molecule has 0 unspecified atom stereocenters. The van der Waals surface area contributed by atoms with E-state index < -0.39 is 0 Å². The average Bonchev–Trinajstić information content (AvgIpc) is 2.56. The summed E-state index contributed by atoms with van der Waals surface area (Å²) in [6.07, 6.45) is 6.18. The lowest BCUT2D eigenvalue weighted by molar-refractivity contribution is 0.201. The number of likely N-dealkylation sites (tertiary alicyclic amines) is 1. The Kier molecular flexibility index (Phi) is 2.72. The molecule has 1 fully saturated rings. The molecule has 2 heterocycles. The Balaban J connectivity index is 1.86. The number of nitrogens with two attached hydrogens (primary N) is 1. The van der Waals surface area contributed by atoms with Gasteiger partial charge in [0.1, 0.15) is 0 Å². The summed E-state index contributed by atoms with van der Waals surface area (Å²) in [5, 5.41) is 4.21. The maximum atomic E-state index is 5.61. The second kappa shape index (κ2) is 4.00. The summed E-state index contributed by atoms with van der Waals surface area (Å²) in [5.74, 6) is 0.769. The van der Waals surface area contributed by atoms with Crippen molar-refractivity contribution in [2.75, 3.05) is 25.9 Å². The lowest BCUT2D eigenvalue weighted by Crippen LogP contribution is -2.31. The van der Waals surface area contributed by atoms with E-state index >= 15 is 0 Å². The molecule has 1 aromatic rings. The summed E-state index contributed by atoms with van der Waals surface area (Å²) in [7, 11) is 2.18. The maximum absolute atomic E-state index is 5.61. The van der Waals surface area contributed by atoms with Gasteiger partial charge in [-0.3, -0.25) is 4.68 Å². The van der Waals surface area contributed by atoms with Crippen molar-refractivity contribution >= 4 is 5.69 Å². The Labute approximate surface area is 84.7 Å². The minimum absolute atomic E-state index is 0.762. The normalized spacial score (nSPS) is 20.1. The fourth-order valence-electron chi connectivity index (χ4n) is 1.99. The lowest BCUT2D eigenvalue weighted by Gasteiger charge is -2.28. The zero-order valence-corrected chi connectivity index (χ0v) is 8.69. The molecule has 14 heavy (non-hydrogen) atoms. The molecule has 0 atom stereocenters. The molecule has 0 radical (unpaired) electrons. The number of aromatic nitrogens is 2. The third-order valence-corrected chi connectivity index (χ3v) is 2.94. The van der Waals surface area contributed by atoms with E-state index in [1.807, 2.05) is 10.9 Å². The summed E-state index contributed by atoms with van der Waals surface area (Å²) in [4.78, 5) is 2.38. The molecule has 0 saturated carbocycles. The summed E-state index contributed by atoms with van der Waals surface area (Å²) in [6.45, 7) is 3.44. The smallest absolute Gasteiger partial charge is 0.0719 e. The van der Waals surface area contributed by atoms with Crippen LogP contribution in [0.15, 0.2) is 12.4 Å². The van der Waals surface area contributed by atoms with Crippen molar-refractivity contribution in [3.05, 3.63) is 12.4 Å². The first-order chi connectivity index (χ1) is 6.74. The van der Waals surface area contributed by atoms with Crippen molar-refractivity contribution in [1.82, 2.24) is 14.7 Å². The first kappa shape index (κ1) is 9.52. The molecular weight excluding hydrogens is 176 g/mol. The molecule has 1 saturated heterocycles. The van der Waals surface area contributed by atoms with Gasteiger partial charge in [-0.15, -0.1) is 0 Å². The zero-order chi connectivity index (χ0) is 9.97. The molecule has 78 valence electrons.